The lowest BCUT2D eigenvalue weighted by Gasteiger charge is -2.06. The Bertz CT molecular complexity index is 156. The summed E-state index contributed by atoms with van der Waals surface area (Å²) in [6.45, 7) is 9.49. The normalized spacial score (nSPS) is 14.2. The van der Waals surface area contributed by atoms with Gasteiger partial charge in [-0.15, -0.1) is 0 Å². The van der Waals surface area contributed by atoms with E-state index in [1.807, 2.05) is 13.0 Å². The molecule has 0 bridgehead atoms. The quantitative estimate of drug-likeness (QED) is 0.599. The molecule has 0 rings (SSSR count). The zero-order valence-electron chi connectivity index (χ0n) is 7.09. The van der Waals surface area contributed by atoms with Crippen molar-refractivity contribution in [3.8, 4) is 0 Å². The summed E-state index contributed by atoms with van der Waals surface area (Å²) >= 11 is 0. The van der Waals surface area contributed by atoms with E-state index in [2.05, 4.69) is 13.2 Å². The Morgan fingerprint density at radius 2 is 2.18 bits per heavy atom. The molecule has 1 atom stereocenters. The molecule has 0 heterocycles. The number of allylic oxidation sites excluding steroid dienone is 4. The van der Waals surface area contributed by atoms with Gasteiger partial charge in [0, 0.05) is 6.61 Å². The van der Waals surface area contributed by atoms with Gasteiger partial charge < -0.3 is 5.11 Å². The van der Waals surface area contributed by atoms with Crippen molar-refractivity contribution >= 4 is 0 Å². The van der Waals surface area contributed by atoms with Crippen molar-refractivity contribution in [1.82, 2.24) is 0 Å². The number of aliphatic hydroxyl groups is 1. The molecular formula is C10H16O. The fraction of sp³-hybridized carbons (Fsp3) is 0.400. The van der Waals surface area contributed by atoms with Crippen LogP contribution in [0, 0.1) is 5.92 Å². The fourth-order valence-electron chi connectivity index (χ4n) is 0.838. The molecule has 1 heteroatoms. The zero-order chi connectivity index (χ0) is 8.69. The van der Waals surface area contributed by atoms with Crippen LogP contribution in [0.1, 0.15) is 13.3 Å². The predicted molar refractivity (Wildman–Crippen MR) is 49.3 cm³/mol. The summed E-state index contributed by atoms with van der Waals surface area (Å²) in [5, 5.41) is 8.76. The van der Waals surface area contributed by atoms with E-state index in [0.29, 0.717) is 5.92 Å². The average molecular weight is 152 g/mol. The lowest BCUT2D eigenvalue weighted by molar-refractivity contribution is 0.237. The van der Waals surface area contributed by atoms with Gasteiger partial charge in [0.1, 0.15) is 0 Å². The molecular weight excluding hydrogens is 136 g/mol. The first-order chi connectivity index (χ1) is 5.24. The first kappa shape index (κ1) is 10.2. The second kappa shape index (κ2) is 5.93. The highest BCUT2D eigenvalue weighted by atomic mass is 16.3. The molecule has 0 aromatic heterocycles. The third kappa shape index (κ3) is 4.57. The van der Waals surface area contributed by atoms with Gasteiger partial charge >= 0.3 is 0 Å². The largest absolute Gasteiger partial charge is 0.396 e. The second-order valence-electron chi connectivity index (χ2n) is 2.67. The smallest absolute Gasteiger partial charge is 0.0459 e. The summed E-state index contributed by atoms with van der Waals surface area (Å²) in [4.78, 5) is 0. The molecule has 1 N–H and O–H groups in total. The van der Waals surface area contributed by atoms with Crippen LogP contribution in [-0.2, 0) is 0 Å². The van der Waals surface area contributed by atoms with Crippen LogP contribution in [0.3, 0.4) is 0 Å². The standard InChI is InChI=1S/C10H16O/c1-4-6-10(5-2)7-9(3)8-11/h4-6,9,11H,1-2,7-8H2,3H3/b10-6+. The van der Waals surface area contributed by atoms with Crippen molar-refractivity contribution in [3.05, 3.63) is 37.0 Å². The Labute approximate surface area is 68.7 Å². The minimum atomic E-state index is 0.225. The highest BCUT2D eigenvalue weighted by molar-refractivity contribution is 5.21. The first-order valence-corrected chi connectivity index (χ1v) is 3.79. The lowest BCUT2D eigenvalue weighted by atomic mass is 10.0. The summed E-state index contributed by atoms with van der Waals surface area (Å²) in [6, 6.07) is 0. The van der Waals surface area contributed by atoms with Gasteiger partial charge in [-0.3, -0.25) is 0 Å². The molecule has 1 unspecified atom stereocenters. The summed E-state index contributed by atoms with van der Waals surface area (Å²) in [5.74, 6) is 0.305. The first-order valence-electron chi connectivity index (χ1n) is 3.79. The Morgan fingerprint density at radius 3 is 2.55 bits per heavy atom. The molecule has 0 radical (unpaired) electrons. The summed E-state index contributed by atoms with van der Waals surface area (Å²) in [7, 11) is 0. The molecule has 0 aromatic rings. The van der Waals surface area contributed by atoms with E-state index >= 15 is 0 Å². The molecule has 0 aliphatic heterocycles. The van der Waals surface area contributed by atoms with Crippen LogP contribution in [-0.4, -0.2) is 11.7 Å². The maximum absolute atomic E-state index is 8.76. The van der Waals surface area contributed by atoms with Crippen LogP contribution >= 0.6 is 0 Å². The topological polar surface area (TPSA) is 20.2 Å². The molecule has 0 amide bonds. The SMILES string of the molecule is C=C/C=C(\C=C)CC(C)CO. The van der Waals surface area contributed by atoms with Gasteiger partial charge in [0.25, 0.3) is 0 Å². The molecule has 0 saturated carbocycles. The second-order valence-corrected chi connectivity index (χ2v) is 2.67. The maximum atomic E-state index is 8.76. The molecule has 62 valence electrons. The molecule has 0 aliphatic rings. The lowest BCUT2D eigenvalue weighted by Crippen LogP contribution is -2.00. The van der Waals surface area contributed by atoms with E-state index in [0.717, 1.165) is 12.0 Å². The summed E-state index contributed by atoms with van der Waals surface area (Å²) < 4.78 is 0. The predicted octanol–water partition coefficient (Wildman–Crippen LogP) is 2.30. The van der Waals surface area contributed by atoms with E-state index < -0.39 is 0 Å². The Morgan fingerprint density at radius 1 is 1.55 bits per heavy atom. The van der Waals surface area contributed by atoms with Crippen LogP contribution in [0.4, 0.5) is 0 Å². The Balaban J connectivity index is 3.97. The summed E-state index contributed by atoms with van der Waals surface area (Å²) in [6.07, 6.45) is 6.32. The third-order valence-electron chi connectivity index (χ3n) is 1.49. The van der Waals surface area contributed by atoms with Gasteiger partial charge in [-0.05, 0) is 17.9 Å². The fourth-order valence-corrected chi connectivity index (χ4v) is 0.838. The van der Waals surface area contributed by atoms with Crippen molar-refractivity contribution < 1.29 is 5.11 Å². The number of hydrogen-bond donors (Lipinski definition) is 1. The molecule has 0 aliphatic carbocycles. The van der Waals surface area contributed by atoms with Crippen LogP contribution < -0.4 is 0 Å². The van der Waals surface area contributed by atoms with Crippen LogP contribution in [0.5, 0.6) is 0 Å². The minimum Gasteiger partial charge on any atom is -0.396 e. The monoisotopic (exact) mass is 152 g/mol. The third-order valence-corrected chi connectivity index (χ3v) is 1.49. The van der Waals surface area contributed by atoms with E-state index in [1.54, 1.807) is 12.2 Å². The van der Waals surface area contributed by atoms with E-state index in [9.17, 15) is 0 Å². The number of rotatable bonds is 5. The van der Waals surface area contributed by atoms with Crippen molar-refractivity contribution in [3.63, 3.8) is 0 Å². The zero-order valence-corrected chi connectivity index (χ0v) is 7.09. The van der Waals surface area contributed by atoms with Gasteiger partial charge in [-0.2, -0.15) is 0 Å². The van der Waals surface area contributed by atoms with Crippen molar-refractivity contribution in [2.24, 2.45) is 5.92 Å². The van der Waals surface area contributed by atoms with Crippen molar-refractivity contribution in [2.45, 2.75) is 13.3 Å². The van der Waals surface area contributed by atoms with E-state index in [4.69, 9.17) is 5.11 Å². The molecule has 0 aromatic carbocycles. The van der Waals surface area contributed by atoms with Gasteiger partial charge in [0.2, 0.25) is 0 Å². The number of aliphatic hydroxyl groups excluding tert-OH is 1. The number of hydrogen-bond acceptors (Lipinski definition) is 1. The molecule has 1 nitrogen and oxygen atoms in total. The van der Waals surface area contributed by atoms with E-state index in [-0.39, 0.29) is 6.61 Å². The van der Waals surface area contributed by atoms with Gasteiger partial charge in [-0.1, -0.05) is 38.3 Å². The van der Waals surface area contributed by atoms with Gasteiger partial charge in [0.15, 0.2) is 0 Å². The summed E-state index contributed by atoms with van der Waals surface area (Å²) in [5.41, 5.74) is 1.13. The van der Waals surface area contributed by atoms with Crippen LogP contribution in [0.2, 0.25) is 0 Å². The molecule has 0 fully saturated rings. The van der Waals surface area contributed by atoms with Crippen LogP contribution in [0.25, 0.3) is 0 Å². The van der Waals surface area contributed by atoms with Gasteiger partial charge in [0.05, 0.1) is 0 Å². The highest BCUT2D eigenvalue weighted by Crippen LogP contribution is 2.11. The van der Waals surface area contributed by atoms with E-state index in [1.165, 1.54) is 0 Å². The highest BCUT2D eigenvalue weighted by Gasteiger charge is 2.00. The Kier molecular flexibility index (Phi) is 5.49. The Hall–Kier alpha value is -0.820. The van der Waals surface area contributed by atoms with Gasteiger partial charge in [-0.25, -0.2) is 0 Å². The average Bonchev–Trinajstić information content (AvgIpc) is 2.03. The minimum absolute atomic E-state index is 0.225. The molecule has 0 saturated heterocycles. The van der Waals surface area contributed by atoms with Crippen molar-refractivity contribution in [2.75, 3.05) is 6.61 Å². The van der Waals surface area contributed by atoms with Crippen molar-refractivity contribution in [1.29, 1.82) is 0 Å². The maximum Gasteiger partial charge on any atom is 0.0459 e. The molecule has 0 spiro atoms. The molecule has 11 heavy (non-hydrogen) atoms. The van der Waals surface area contributed by atoms with Crippen LogP contribution in [0.15, 0.2) is 37.0 Å².